The van der Waals surface area contributed by atoms with Crippen LogP contribution in [-0.2, 0) is 4.79 Å². The molecule has 0 fully saturated rings. The van der Waals surface area contributed by atoms with E-state index in [1.165, 1.54) is 17.4 Å². The number of hydrogen-bond donors (Lipinski definition) is 2. The molecule has 20 heavy (non-hydrogen) atoms. The van der Waals surface area contributed by atoms with Gasteiger partial charge in [0.2, 0.25) is 0 Å². The summed E-state index contributed by atoms with van der Waals surface area (Å²) in [6, 6.07) is 3.98. The van der Waals surface area contributed by atoms with Gasteiger partial charge in [-0.15, -0.1) is 23.7 Å². The lowest BCUT2D eigenvalue weighted by atomic mass is 10.2. The zero-order valence-electron chi connectivity index (χ0n) is 10.2. The molecule has 7 heteroatoms. The first-order valence-electron chi connectivity index (χ1n) is 5.59. The summed E-state index contributed by atoms with van der Waals surface area (Å²) in [7, 11) is 0. The summed E-state index contributed by atoms with van der Waals surface area (Å²) < 4.78 is 5.04. The van der Waals surface area contributed by atoms with Gasteiger partial charge in [0.25, 0.3) is 5.91 Å². The van der Waals surface area contributed by atoms with Gasteiger partial charge in [-0.2, -0.15) is 0 Å². The van der Waals surface area contributed by atoms with Crippen molar-refractivity contribution in [2.24, 2.45) is 0 Å². The molecule has 102 valence electrons. The Morgan fingerprint density at radius 2 is 2.40 bits per heavy atom. The van der Waals surface area contributed by atoms with Gasteiger partial charge in [-0.3, -0.25) is 4.79 Å². The van der Waals surface area contributed by atoms with Crippen LogP contribution in [0.4, 0.5) is 0 Å². The second-order valence-electron chi connectivity index (χ2n) is 3.83. The minimum Gasteiger partial charge on any atom is -0.480 e. The molecule has 0 saturated carbocycles. The number of hydrogen-bond acceptors (Lipinski definition) is 5. The van der Waals surface area contributed by atoms with Crippen molar-refractivity contribution in [3.8, 4) is 23.0 Å². The molecule has 1 atom stereocenters. The van der Waals surface area contributed by atoms with E-state index in [0.717, 1.165) is 4.88 Å². The Bertz CT molecular complexity index is 654. The van der Waals surface area contributed by atoms with E-state index in [1.807, 2.05) is 17.5 Å². The first-order valence-corrected chi connectivity index (χ1v) is 6.47. The molecule has 2 aromatic rings. The molecule has 2 N–H and O–H groups in total. The summed E-state index contributed by atoms with van der Waals surface area (Å²) in [5, 5.41) is 16.7. The highest BCUT2D eigenvalue weighted by Gasteiger charge is 2.22. The summed E-state index contributed by atoms with van der Waals surface area (Å²) in [6.45, 7) is 0. The van der Waals surface area contributed by atoms with Crippen LogP contribution in [0, 0.1) is 12.3 Å². The van der Waals surface area contributed by atoms with Crippen LogP contribution in [-0.4, -0.2) is 28.2 Å². The fourth-order valence-electron chi connectivity index (χ4n) is 1.47. The lowest BCUT2D eigenvalue weighted by molar-refractivity contribution is -0.139. The van der Waals surface area contributed by atoms with Crippen LogP contribution in [0.5, 0.6) is 0 Å². The number of carbonyl (C=O) groups is 2. The molecular formula is C13H10N2O4S. The van der Waals surface area contributed by atoms with Gasteiger partial charge in [0.05, 0.1) is 4.88 Å². The number of carbonyl (C=O) groups excluding carboxylic acids is 1. The maximum Gasteiger partial charge on any atom is 0.327 e. The smallest absolute Gasteiger partial charge is 0.327 e. The molecule has 1 unspecified atom stereocenters. The quantitative estimate of drug-likeness (QED) is 0.816. The van der Waals surface area contributed by atoms with Gasteiger partial charge in [0, 0.05) is 12.5 Å². The summed E-state index contributed by atoms with van der Waals surface area (Å²) >= 11 is 1.44. The molecule has 2 heterocycles. The first-order chi connectivity index (χ1) is 9.61. The van der Waals surface area contributed by atoms with Crippen molar-refractivity contribution in [2.45, 2.75) is 12.5 Å². The molecule has 0 aliphatic rings. The normalized spacial score (nSPS) is 11.6. The number of terminal acetylenes is 1. The number of amides is 1. The molecular weight excluding hydrogens is 280 g/mol. The van der Waals surface area contributed by atoms with Gasteiger partial charge in [-0.05, 0) is 11.4 Å². The molecule has 2 aromatic heterocycles. The average Bonchev–Trinajstić information content (AvgIpc) is 3.08. The molecule has 0 spiro atoms. The SMILES string of the molecule is C#CCC(NC(=O)c1cc(-c2cccs2)on1)C(=O)O. The monoisotopic (exact) mass is 290 g/mol. The minimum atomic E-state index is -1.20. The largest absolute Gasteiger partial charge is 0.480 e. The second-order valence-corrected chi connectivity index (χ2v) is 4.77. The van der Waals surface area contributed by atoms with E-state index in [1.54, 1.807) is 0 Å². The Labute approximate surface area is 118 Å². The van der Waals surface area contributed by atoms with Gasteiger partial charge in [-0.25, -0.2) is 4.79 Å². The maximum absolute atomic E-state index is 11.9. The highest BCUT2D eigenvalue weighted by Crippen LogP contribution is 2.25. The van der Waals surface area contributed by atoms with Crippen LogP contribution in [0.3, 0.4) is 0 Å². The fraction of sp³-hybridized carbons (Fsp3) is 0.154. The second kappa shape index (κ2) is 6.04. The molecule has 0 aromatic carbocycles. The Balaban J connectivity index is 2.10. The number of thiophene rings is 1. The summed E-state index contributed by atoms with van der Waals surface area (Å²) in [5.41, 5.74) is 0.0108. The van der Waals surface area contributed by atoms with E-state index in [0.29, 0.717) is 5.76 Å². The van der Waals surface area contributed by atoms with Crippen LogP contribution in [0.25, 0.3) is 10.6 Å². The average molecular weight is 290 g/mol. The van der Waals surface area contributed by atoms with E-state index < -0.39 is 17.9 Å². The van der Waals surface area contributed by atoms with Crippen molar-refractivity contribution in [1.29, 1.82) is 0 Å². The van der Waals surface area contributed by atoms with Gasteiger partial charge in [0.1, 0.15) is 6.04 Å². The summed E-state index contributed by atoms with van der Waals surface area (Å²) in [5.74, 6) is 0.813. The van der Waals surface area contributed by atoms with Crippen LogP contribution in [0.1, 0.15) is 16.9 Å². The highest BCUT2D eigenvalue weighted by molar-refractivity contribution is 7.13. The Hall–Kier alpha value is -2.59. The lowest BCUT2D eigenvalue weighted by Crippen LogP contribution is -2.40. The molecule has 0 radical (unpaired) electrons. The number of carboxylic acid groups (broad SMARTS) is 1. The molecule has 0 aliphatic carbocycles. The standard InChI is InChI=1S/C13H10N2O4S/c1-2-4-8(13(17)18)14-12(16)9-7-10(19-15-9)11-5-3-6-20-11/h1,3,5-8H,4H2,(H,14,16)(H,17,18). The van der Waals surface area contributed by atoms with Crippen LogP contribution in [0.15, 0.2) is 28.1 Å². The van der Waals surface area contributed by atoms with Crippen molar-refractivity contribution in [3.05, 3.63) is 29.3 Å². The zero-order chi connectivity index (χ0) is 14.5. The third kappa shape index (κ3) is 3.05. The van der Waals surface area contributed by atoms with Gasteiger partial charge >= 0.3 is 5.97 Å². The van der Waals surface area contributed by atoms with E-state index in [9.17, 15) is 9.59 Å². The maximum atomic E-state index is 11.9. The molecule has 0 saturated heterocycles. The van der Waals surface area contributed by atoms with Gasteiger partial charge < -0.3 is 14.9 Å². The highest BCUT2D eigenvalue weighted by atomic mass is 32.1. The van der Waals surface area contributed by atoms with Crippen molar-refractivity contribution >= 4 is 23.2 Å². The van der Waals surface area contributed by atoms with E-state index in [2.05, 4.69) is 16.4 Å². The summed E-state index contributed by atoms with van der Waals surface area (Å²) in [6.07, 6.45) is 4.95. The topological polar surface area (TPSA) is 92.4 Å². The van der Waals surface area contributed by atoms with Crippen molar-refractivity contribution < 1.29 is 19.2 Å². The number of aromatic nitrogens is 1. The van der Waals surface area contributed by atoms with Crippen LogP contribution < -0.4 is 5.32 Å². The van der Waals surface area contributed by atoms with Crippen molar-refractivity contribution in [3.63, 3.8) is 0 Å². The van der Waals surface area contributed by atoms with Crippen LogP contribution >= 0.6 is 11.3 Å². The minimum absolute atomic E-state index is 0.0108. The number of rotatable bonds is 5. The Morgan fingerprint density at radius 1 is 1.60 bits per heavy atom. The van der Waals surface area contributed by atoms with E-state index in [-0.39, 0.29) is 12.1 Å². The molecule has 6 nitrogen and oxygen atoms in total. The van der Waals surface area contributed by atoms with Crippen molar-refractivity contribution in [1.82, 2.24) is 10.5 Å². The van der Waals surface area contributed by atoms with Crippen LogP contribution in [0.2, 0.25) is 0 Å². The molecule has 0 bridgehead atoms. The fourth-order valence-corrected chi connectivity index (χ4v) is 2.14. The van der Waals surface area contributed by atoms with Gasteiger partial charge in [-0.1, -0.05) is 11.2 Å². The lowest BCUT2D eigenvalue weighted by Gasteiger charge is -2.09. The number of nitrogens with zero attached hydrogens (tertiary/aromatic N) is 1. The summed E-state index contributed by atoms with van der Waals surface area (Å²) in [4.78, 5) is 23.6. The Morgan fingerprint density at radius 3 is 3.00 bits per heavy atom. The number of nitrogens with one attached hydrogen (secondary N) is 1. The number of aliphatic carboxylic acids is 1. The Kier molecular flexibility index (Phi) is 4.17. The first kappa shape index (κ1) is 13.8. The molecule has 2 rings (SSSR count). The third-order valence-corrected chi connectivity index (χ3v) is 3.32. The van der Waals surface area contributed by atoms with E-state index >= 15 is 0 Å². The van der Waals surface area contributed by atoms with Crippen molar-refractivity contribution in [2.75, 3.05) is 0 Å². The number of carboxylic acids is 1. The molecule has 1 amide bonds. The zero-order valence-corrected chi connectivity index (χ0v) is 11.0. The van der Waals surface area contributed by atoms with Gasteiger partial charge in [0.15, 0.2) is 11.5 Å². The van der Waals surface area contributed by atoms with E-state index in [4.69, 9.17) is 16.1 Å². The molecule has 0 aliphatic heterocycles. The predicted molar refractivity (Wildman–Crippen MR) is 72.2 cm³/mol. The third-order valence-electron chi connectivity index (χ3n) is 2.43. The predicted octanol–water partition coefficient (Wildman–Crippen LogP) is 1.61.